The zero-order valence-corrected chi connectivity index (χ0v) is 22.9. The molecule has 1 amide bonds. The number of hydrogen-bond acceptors (Lipinski definition) is 10. The number of nitrogens with zero attached hydrogens (tertiary/aromatic N) is 7. The monoisotopic (exact) mass is 554 g/mol. The molecule has 0 atom stereocenters. The molecule has 0 bridgehead atoms. The molecule has 0 saturated carbocycles. The van der Waals surface area contributed by atoms with E-state index in [2.05, 4.69) is 25.4 Å². The Morgan fingerprint density at radius 3 is 2.60 bits per heavy atom. The Balaban J connectivity index is 1.38. The van der Waals surface area contributed by atoms with Gasteiger partial charge in [0.2, 0.25) is 11.0 Å². The molecule has 0 spiro atoms. The quantitative estimate of drug-likeness (QED) is 0.344. The standard InChI is InChI=1S/C20H26N8O3S4/c1-4-28-13-14(25(2)19(31)26(3)15(13)30)22-17(28)35-18-24-23-16(34-18)21-12(29)8-11-33-20(32)27-9-6-5-7-10-27/h4-11H2,1-3H3,(H,21,23,29). The van der Waals surface area contributed by atoms with Crippen molar-refractivity contribution in [3.63, 3.8) is 0 Å². The number of carbonyl (C=O) groups excluding carboxylic acids is 1. The minimum absolute atomic E-state index is 0.147. The fraction of sp³-hybridized carbons (Fsp3) is 0.550. The number of imidazole rings is 1. The minimum Gasteiger partial charge on any atom is -0.358 e. The lowest BCUT2D eigenvalue weighted by Crippen LogP contribution is -2.37. The van der Waals surface area contributed by atoms with Crippen molar-refractivity contribution in [3.05, 3.63) is 20.8 Å². The van der Waals surface area contributed by atoms with E-state index in [1.54, 1.807) is 11.6 Å². The van der Waals surface area contributed by atoms with Gasteiger partial charge in [-0.05, 0) is 37.9 Å². The van der Waals surface area contributed by atoms with Crippen LogP contribution in [0, 0.1) is 0 Å². The number of thioether (sulfide) groups is 1. The van der Waals surface area contributed by atoms with Crippen molar-refractivity contribution in [1.82, 2.24) is 33.8 Å². The van der Waals surface area contributed by atoms with Gasteiger partial charge in [-0.2, -0.15) is 0 Å². The highest BCUT2D eigenvalue weighted by Crippen LogP contribution is 2.32. The summed E-state index contributed by atoms with van der Waals surface area (Å²) in [5, 5.41) is 11.9. The molecule has 3 aromatic rings. The first kappa shape index (κ1) is 25.9. The molecule has 1 N–H and O–H groups in total. The van der Waals surface area contributed by atoms with Gasteiger partial charge in [0.15, 0.2) is 20.7 Å². The van der Waals surface area contributed by atoms with Gasteiger partial charge in [-0.15, -0.1) is 10.2 Å². The first-order valence-electron chi connectivity index (χ1n) is 11.2. The van der Waals surface area contributed by atoms with E-state index in [0.717, 1.165) is 22.0 Å². The Morgan fingerprint density at radius 1 is 1.14 bits per heavy atom. The van der Waals surface area contributed by atoms with Crippen LogP contribution in [0.15, 0.2) is 19.1 Å². The SMILES string of the molecule is CCn1c(Sc2nnc(NC(=O)CCSC(=S)N3CCCCC3)s2)nc2c1c(=O)n(C)c(=O)n2C. The lowest BCUT2D eigenvalue weighted by atomic mass is 10.1. The largest absolute Gasteiger partial charge is 0.358 e. The van der Waals surface area contributed by atoms with Crippen molar-refractivity contribution in [1.29, 1.82) is 0 Å². The number of thiocarbonyl (C=S) groups is 1. The van der Waals surface area contributed by atoms with Crippen LogP contribution in [0.25, 0.3) is 11.2 Å². The minimum atomic E-state index is -0.435. The average Bonchev–Trinajstić information content (AvgIpc) is 3.45. The smallest absolute Gasteiger partial charge is 0.332 e. The van der Waals surface area contributed by atoms with E-state index < -0.39 is 11.2 Å². The van der Waals surface area contributed by atoms with Crippen LogP contribution in [0.1, 0.15) is 32.6 Å². The molecule has 1 aliphatic rings. The van der Waals surface area contributed by atoms with Gasteiger partial charge in [0.05, 0.1) is 0 Å². The van der Waals surface area contributed by atoms with Gasteiger partial charge in [0.25, 0.3) is 5.56 Å². The summed E-state index contributed by atoms with van der Waals surface area (Å²) < 4.78 is 5.60. The maximum absolute atomic E-state index is 12.7. The van der Waals surface area contributed by atoms with Crippen molar-refractivity contribution in [3.8, 4) is 0 Å². The molecule has 35 heavy (non-hydrogen) atoms. The Morgan fingerprint density at radius 2 is 1.89 bits per heavy atom. The third-order valence-electron chi connectivity index (χ3n) is 5.63. The van der Waals surface area contributed by atoms with E-state index in [0.29, 0.717) is 44.5 Å². The fourth-order valence-electron chi connectivity index (χ4n) is 3.76. The van der Waals surface area contributed by atoms with Crippen LogP contribution in [0.5, 0.6) is 0 Å². The van der Waals surface area contributed by atoms with E-state index in [-0.39, 0.29) is 5.91 Å². The van der Waals surface area contributed by atoms with Crippen molar-refractivity contribution < 1.29 is 4.79 Å². The van der Waals surface area contributed by atoms with E-state index in [9.17, 15) is 14.4 Å². The molecule has 11 nitrogen and oxygen atoms in total. The Hall–Kier alpha value is -2.23. The number of anilines is 1. The second-order valence-electron chi connectivity index (χ2n) is 7.95. The number of fused-ring (bicyclic) bond motifs is 1. The second kappa shape index (κ2) is 11.2. The van der Waals surface area contributed by atoms with Crippen molar-refractivity contribution in [2.24, 2.45) is 14.1 Å². The molecule has 1 saturated heterocycles. The van der Waals surface area contributed by atoms with Crippen LogP contribution >= 0.6 is 47.1 Å². The normalized spacial score (nSPS) is 14.0. The van der Waals surface area contributed by atoms with Gasteiger partial charge in [-0.1, -0.05) is 35.3 Å². The molecule has 0 unspecified atom stereocenters. The van der Waals surface area contributed by atoms with Crippen LogP contribution in [0.4, 0.5) is 5.13 Å². The molecule has 15 heteroatoms. The summed E-state index contributed by atoms with van der Waals surface area (Å²) in [5.41, 5.74) is -0.152. The number of aryl methyl sites for hydroxylation is 2. The highest BCUT2D eigenvalue weighted by Gasteiger charge is 2.20. The lowest BCUT2D eigenvalue weighted by molar-refractivity contribution is -0.115. The third-order valence-corrected chi connectivity index (χ3v) is 9.04. The maximum atomic E-state index is 12.7. The van der Waals surface area contributed by atoms with Crippen molar-refractivity contribution in [2.75, 3.05) is 24.2 Å². The summed E-state index contributed by atoms with van der Waals surface area (Å²) in [7, 11) is 3.03. The summed E-state index contributed by atoms with van der Waals surface area (Å²) >= 11 is 9.48. The Kier molecular flexibility index (Phi) is 8.29. The van der Waals surface area contributed by atoms with Crippen LogP contribution in [0.2, 0.25) is 0 Å². The van der Waals surface area contributed by atoms with Crippen LogP contribution in [0.3, 0.4) is 0 Å². The molecule has 188 valence electrons. The average molecular weight is 555 g/mol. The first-order valence-corrected chi connectivity index (χ1v) is 14.2. The molecule has 0 radical (unpaired) electrons. The molecule has 0 aliphatic carbocycles. The Labute approximate surface area is 219 Å². The van der Waals surface area contributed by atoms with Gasteiger partial charge in [0, 0.05) is 45.9 Å². The molecular formula is C20H26N8O3S4. The first-order chi connectivity index (χ1) is 16.8. The van der Waals surface area contributed by atoms with Gasteiger partial charge in [-0.3, -0.25) is 18.7 Å². The number of nitrogens with one attached hydrogen (secondary N) is 1. The van der Waals surface area contributed by atoms with Crippen LogP contribution in [-0.4, -0.2) is 62.9 Å². The zero-order chi connectivity index (χ0) is 25.1. The topological polar surface area (TPSA) is 120 Å². The molecule has 4 heterocycles. The van der Waals surface area contributed by atoms with Crippen LogP contribution < -0.4 is 16.6 Å². The predicted molar refractivity (Wildman–Crippen MR) is 144 cm³/mol. The number of rotatable bonds is 7. The number of aromatic nitrogens is 6. The van der Waals surface area contributed by atoms with E-state index in [4.69, 9.17) is 12.2 Å². The highest BCUT2D eigenvalue weighted by atomic mass is 32.2. The van der Waals surface area contributed by atoms with E-state index in [1.165, 1.54) is 65.7 Å². The lowest BCUT2D eigenvalue weighted by Gasteiger charge is -2.28. The number of hydrogen-bond donors (Lipinski definition) is 1. The molecule has 4 rings (SSSR count). The summed E-state index contributed by atoms with van der Waals surface area (Å²) in [4.78, 5) is 44.0. The van der Waals surface area contributed by atoms with E-state index >= 15 is 0 Å². The summed E-state index contributed by atoms with van der Waals surface area (Å²) in [6.07, 6.45) is 3.91. The number of carbonyl (C=O) groups is 1. The maximum Gasteiger partial charge on any atom is 0.332 e. The molecular weight excluding hydrogens is 529 g/mol. The van der Waals surface area contributed by atoms with Crippen LogP contribution in [-0.2, 0) is 25.4 Å². The van der Waals surface area contributed by atoms with Gasteiger partial charge >= 0.3 is 5.69 Å². The predicted octanol–water partition coefficient (Wildman–Crippen LogP) is 2.29. The fourth-order valence-corrected chi connectivity index (χ4v) is 6.84. The number of amides is 1. The molecule has 3 aromatic heterocycles. The zero-order valence-electron chi connectivity index (χ0n) is 19.6. The summed E-state index contributed by atoms with van der Waals surface area (Å²) in [6.45, 7) is 4.39. The molecule has 1 fully saturated rings. The third kappa shape index (κ3) is 5.62. The Bertz CT molecular complexity index is 1370. The van der Waals surface area contributed by atoms with Crippen molar-refractivity contribution in [2.45, 2.75) is 48.6 Å². The van der Waals surface area contributed by atoms with Gasteiger partial charge in [0.1, 0.15) is 4.32 Å². The molecule has 1 aliphatic heterocycles. The summed E-state index contributed by atoms with van der Waals surface area (Å²) in [5.74, 6) is 0.460. The second-order valence-corrected chi connectivity index (χ2v) is 11.9. The number of likely N-dealkylation sites (tertiary alicyclic amines) is 1. The highest BCUT2D eigenvalue weighted by molar-refractivity contribution is 8.22. The van der Waals surface area contributed by atoms with Gasteiger partial charge in [-0.25, -0.2) is 9.78 Å². The van der Waals surface area contributed by atoms with Gasteiger partial charge < -0.3 is 14.8 Å². The van der Waals surface area contributed by atoms with Crippen molar-refractivity contribution >= 4 is 73.6 Å². The molecule has 0 aromatic carbocycles. The number of piperidine rings is 1. The summed E-state index contributed by atoms with van der Waals surface area (Å²) in [6, 6.07) is 0. The van der Waals surface area contributed by atoms with E-state index in [1.807, 2.05) is 6.92 Å².